The zero-order chi connectivity index (χ0) is 33.5. The van der Waals surface area contributed by atoms with E-state index in [-0.39, 0.29) is 0 Å². The van der Waals surface area contributed by atoms with Crippen molar-refractivity contribution in [1.29, 1.82) is 0 Å². The fraction of sp³-hybridized carbons (Fsp3) is 0. The Hall–Kier alpha value is -6.42. The van der Waals surface area contributed by atoms with Crippen LogP contribution in [0.1, 0.15) is 0 Å². The maximum Gasteiger partial charge on any atom is 0.0548 e. The van der Waals surface area contributed by atoms with Gasteiger partial charge < -0.3 is 9.13 Å². The van der Waals surface area contributed by atoms with Crippen molar-refractivity contribution in [3.05, 3.63) is 182 Å². The molecule has 0 aliphatic carbocycles. The SMILES string of the molecule is c1ccc(-c2cccc(-c3cccc(-n4c5ccccc5c5c6c7ccccc7n(-c7ccc8c(c7)sc7ccccc78)c6ccc54)c3)c2)cc1. The fourth-order valence-electron chi connectivity index (χ4n) is 8.26. The summed E-state index contributed by atoms with van der Waals surface area (Å²) >= 11 is 1.87. The predicted molar refractivity (Wildman–Crippen MR) is 219 cm³/mol. The second-order valence-electron chi connectivity index (χ2n) is 13.3. The van der Waals surface area contributed by atoms with Gasteiger partial charge in [0.25, 0.3) is 0 Å². The van der Waals surface area contributed by atoms with E-state index < -0.39 is 0 Å². The summed E-state index contributed by atoms with van der Waals surface area (Å²) < 4.78 is 7.55. The Bertz CT molecular complexity index is 3140. The Morgan fingerprint density at radius 2 is 0.804 bits per heavy atom. The monoisotopic (exact) mass is 666 g/mol. The van der Waals surface area contributed by atoms with Crippen LogP contribution >= 0.6 is 11.3 Å². The van der Waals surface area contributed by atoms with Crippen LogP contribution in [0, 0.1) is 0 Å². The molecule has 0 bridgehead atoms. The Morgan fingerprint density at radius 1 is 0.294 bits per heavy atom. The van der Waals surface area contributed by atoms with Crippen LogP contribution in [-0.4, -0.2) is 9.13 Å². The van der Waals surface area contributed by atoms with Gasteiger partial charge in [-0.1, -0.05) is 121 Å². The van der Waals surface area contributed by atoms with Gasteiger partial charge in [0.1, 0.15) is 0 Å². The molecule has 3 heterocycles. The number of rotatable bonds is 4. The van der Waals surface area contributed by atoms with Crippen LogP contribution in [0.3, 0.4) is 0 Å². The highest BCUT2D eigenvalue weighted by Gasteiger charge is 2.21. The minimum atomic E-state index is 1.15. The highest BCUT2D eigenvalue weighted by atomic mass is 32.1. The number of thiophene rings is 1. The van der Waals surface area contributed by atoms with Gasteiger partial charge in [0, 0.05) is 53.1 Å². The Morgan fingerprint density at radius 3 is 1.51 bits per heavy atom. The van der Waals surface area contributed by atoms with Gasteiger partial charge in [0.2, 0.25) is 0 Å². The molecule has 0 aliphatic heterocycles. The summed E-state index contributed by atoms with van der Waals surface area (Å²) in [6, 6.07) is 66.6. The van der Waals surface area contributed by atoms with Crippen LogP contribution in [0.4, 0.5) is 0 Å². The van der Waals surface area contributed by atoms with Gasteiger partial charge in [-0.05, 0) is 82.9 Å². The van der Waals surface area contributed by atoms with E-state index in [2.05, 4.69) is 191 Å². The molecule has 2 nitrogen and oxygen atoms in total. The molecule has 11 rings (SSSR count). The molecule has 0 unspecified atom stereocenters. The molecule has 11 aromatic rings. The molecule has 0 saturated carbocycles. The van der Waals surface area contributed by atoms with Crippen molar-refractivity contribution in [2.45, 2.75) is 0 Å². The van der Waals surface area contributed by atoms with Crippen molar-refractivity contribution < 1.29 is 0 Å². The molecule has 3 aromatic heterocycles. The molecule has 0 amide bonds. The molecule has 0 N–H and O–H groups in total. The largest absolute Gasteiger partial charge is 0.309 e. The van der Waals surface area contributed by atoms with Gasteiger partial charge in [-0.25, -0.2) is 0 Å². The van der Waals surface area contributed by atoms with Crippen LogP contribution in [-0.2, 0) is 0 Å². The summed E-state index contributed by atoms with van der Waals surface area (Å²) in [5.41, 5.74) is 12.1. The van der Waals surface area contributed by atoms with E-state index in [0.717, 1.165) is 5.69 Å². The lowest BCUT2D eigenvalue weighted by molar-refractivity contribution is 1.17. The normalized spacial score (nSPS) is 11.9. The Kier molecular flexibility index (Phi) is 6.16. The molecule has 8 aromatic carbocycles. The molecule has 238 valence electrons. The average Bonchev–Trinajstić information content (AvgIpc) is 3.85. The number of aromatic nitrogens is 2. The number of hydrogen-bond acceptors (Lipinski definition) is 1. The molecular formula is C48H30N2S. The quantitative estimate of drug-likeness (QED) is 0.177. The van der Waals surface area contributed by atoms with Crippen LogP contribution in [0.5, 0.6) is 0 Å². The smallest absolute Gasteiger partial charge is 0.0548 e. The second kappa shape index (κ2) is 11.0. The van der Waals surface area contributed by atoms with Crippen molar-refractivity contribution in [2.75, 3.05) is 0 Å². The highest BCUT2D eigenvalue weighted by Crippen LogP contribution is 2.43. The number of fused-ring (bicyclic) bond motifs is 10. The second-order valence-corrected chi connectivity index (χ2v) is 14.4. The predicted octanol–water partition coefficient (Wildman–Crippen LogP) is 13.6. The summed E-state index contributed by atoms with van der Waals surface area (Å²) in [5, 5.41) is 7.76. The Labute approximate surface area is 298 Å². The van der Waals surface area contributed by atoms with Gasteiger partial charge in [-0.3, -0.25) is 0 Å². The Balaban J connectivity index is 1.14. The lowest BCUT2D eigenvalue weighted by Crippen LogP contribution is -1.95. The van der Waals surface area contributed by atoms with Gasteiger partial charge in [-0.2, -0.15) is 0 Å². The molecule has 0 saturated heterocycles. The van der Waals surface area contributed by atoms with E-state index in [1.807, 2.05) is 11.3 Å². The first-order chi connectivity index (χ1) is 25.3. The summed E-state index contributed by atoms with van der Waals surface area (Å²) in [6.45, 7) is 0. The van der Waals surface area contributed by atoms with Gasteiger partial charge >= 0.3 is 0 Å². The lowest BCUT2D eigenvalue weighted by Gasteiger charge is -2.12. The lowest BCUT2D eigenvalue weighted by atomic mass is 9.99. The summed E-state index contributed by atoms with van der Waals surface area (Å²) in [6.07, 6.45) is 0. The third-order valence-corrected chi connectivity index (χ3v) is 11.6. The number of benzene rings is 8. The van der Waals surface area contributed by atoms with Gasteiger partial charge in [-0.15, -0.1) is 11.3 Å². The van der Waals surface area contributed by atoms with Crippen molar-refractivity contribution in [3.63, 3.8) is 0 Å². The van der Waals surface area contributed by atoms with Crippen molar-refractivity contribution >= 4 is 75.1 Å². The minimum Gasteiger partial charge on any atom is -0.309 e. The standard InChI is InChI=1S/C48H30N2S/c1-2-12-31(13-3-1)32-14-10-15-33(28-32)34-16-11-17-35(29-34)49-41-21-7-4-19-39(41)47-43(49)26-27-44-48(47)40-20-5-8-22-42(40)50(44)36-24-25-38-37-18-6-9-23-45(37)51-46(38)30-36/h1-30H. The zero-order valence-electron chi connectivity index (χ0n) is 27.6. The van der Waals surface area contributed by atoms with E-state index in [0.29, 0.717) is 0 Å². The molecule has 0 aliphatic rings. The van der Waals surface area contributed by atoms with Crippen LogP contribution in [0.15, 0.2) is 182 Å². The first kappa shape index (κ1) is 28.4. The maximum atomic E-state index is 2.46. The molecule has 0 radical (unpaired) electrons. The highest BCUT2D eigenvalue weighted by molar-refractivity contribution is 7.25. The van der Waals surface area contributed by atoms with Crippen molar-refractivity contribution in [1.82, 2.24) is 9.13 Å². The van der Waals surface area contributed by atoms with Gasteiger partial charge in [0.15, 0.2) is 0 Å². The first-order valence-electron chi connectivity index (χ1n) is 17.4. The van der Waals surface area contributed by atoms with Crippen molar-refractivity contribution in [2.24, 2.45) is 0 Å². The first-order valence-corrected chi connectivity index (χ1v) is 18.3. The van der Waals surface area contributed by atoms with E-state index >= 15 is 0 Å². The maximum absolute atomic E-state index is 2.46. The molecule has 0 spiro atoms. The molecule has 0 fully saturated rings. The van der Waals surface area contributed by atoms with Crippen molar-refractivity contribution in [3.8, 4) is 33.6 Å². The molecular weight excluding hydrogens is 637 g/mol. The summed E-state index contributed by atoms with van der Waals surface area (Å²) in [7, 11) is 0. The minimum absolute atomic E-state index is 1.15. The third kappa shape index (κ3) is 4.29. The van der Waals surface area contributed by atoms with Crippen LogP contribution in [0.25, 0.3) is 97.4 Å². The van der Waals surface area contributed by atoms with E-state index in [9.17, 15) is 0 Å². The van der Waals surface area contributed by atoms with E-state index in [1.165, 1.54) is 91.7 Å². The molecule has 3 heteroatoms. The number of hydrogen-bond donors (Lipinski definition) is 0. The fourth-order valence-corrected chi connectivity index (χ4v) is 9.40. The average molecular weight is 667 g/mol. The molecule has 0 atom stereocenters. The number of nitrogens with zero attached hydrogens (tertiary/aromatic N) is 2. The third-order valence-electron chi connectivity index (χ3n) is 10.5. The van der Waals surface area contributed by atoms with E-state index in [4.69, 9.17) is 0 Å². The topological polar surface area (TPSA) is 9.86 Å². The van der Waals surface area contributed by atoms with Gasteiger partial charge in [0.05, 0.1) is 22.1 Å². The van der Waals surface area contributed by atoms with E-state index in [1.54, 1.807) is 0 Å². The van der Waals surface area contributed by atoms with Crippen LogP contribution in [0.2, 0.25) is 0 Å². The van der Waals surface area contributed by atoms with Crippen LogP contribution < -0.4 is 0 Å². The molecule has 51 heavy (non-hydrogen) atoms. The number of para-hydroxylation sites is 2. The summed E-state index contributed by atoms with van der Waals surface area (Å²) in [5.74, 6) is 0. The zero-order valence-corrected chi connectivity index (χ0v) is 28.4. The summed E-state index contributed by atoms with van der Waals surface area (Å²) in [4.78, 5) is 0.